The van der Waals surface area contributed by atoms with Crippen LogP contribution in [0.1, 0.15) is 47.8 Å². The summed E-state index contributed by atoms with van der Waals surface area (Å²) in [6.45, 7) is 6.92. The van der Waals surface area contributed by atoms with Crippen molar-refractivity contribution < 1.29 is 9.32 Å². The van der Waals surface area contributed by atoms with E-state index in [0.717, 1.165) is 48.5 Å². The second-order valence-electron chi connectivity index (χ2n) is 5.69. The Morgan fingerprint density at radius 1 is 1.57 bits per heavy atom. The summed E-state index contributed by atoms with van der Waals surface area (Å²) in [7, 11) is 0. The number of fused-ring (bicyclic) bond motifs is 1. The van der Waals surface area contributed by atoms with Crippen LogP contribution in [0.15, 0.2) is 10.7 Å². The van der Waals surface area contributed by atoms with E-state index in [0.29, 0.717) is 11.6 Å². The van der Waals surface area contributed by atoms with Crippen LogP contribution in [-0.4, -0.2) is 20.8 Å². The quantitative estimate of drug-likeness (QED) is 0.942. The number of carbonyl (C=O) groups excluding carboxylic acids is 1. The Bertz CT molecular complexity index is 671. The van der Waals surface area contributed by atoms with Gasteiger partial charge in [0, 0.05) is 18.5 Å². The predicted molar refractivity (Wildman–Crippen MR) is 78.3 cm³/mol. The number of aromatic nitrogens is 3. The van der Waals surface area contributed by atoms with Crippen LogP contribution < -0.4 is 5.32 Å². The summed E-state index contributed by atoms with van der Waals surface area (Å²) in [6, 6.07) is 0. The summed E-state index contributed by atoms with van der Waals surface area (Å²) in [5, 5.41) is 11.1. The van der Waals surface area contributed by atoms with E-state index in [9.17, 15) is 4.79 Å². The summed E-state index contributed by atoms with van der Waals surface area (Å²) in [5.41, 5.74) is 3.05. The van der Waals surface area contributed by atoms with Gasteiger partial charge in [-0.05, 0) is 32.6 Å². The van der Waals surface area contributed by atoms with Crippen molar-refractivity contribution in [2.24, 2.45) is 5.92 Å². The van der Waals surface area contributed by atoms with E-state index in [1.807, 2.05) is 18.5 Å². The van der Waals surface area contributed by atoms with Gasteiger partial charge in [0.25, 0.3) is 5.91 Å². The van der Waals surface area contributed by atoms with Crippen molar-refractivity contribution in [2.45, 2.75) is 46.6 Å². The summed E-state index contributed by atoms with van der Waals surface area (Å²) < 4.78 is 7.16. The molecule has 0 saturated heterocycles. The summed E-state index contributed by atoms with van der Waals surface area (Å²) in [5.74, 6) is 1.21. The molecule has 2 aromatic rings. The molecule has 1 amide bonds. The summed E-state index contributed by atoms with van der Waals surface area (Å²) >= 11 is 0. The van der Waals surface area contributed by atoms with Crippen LogP contribution in [0.3, 0.4) is 0 Å². The molecule has 0 spiro atoms. The molecule has 2 aromatic heterocycles. The van der Waals surface area contributed by atoms with Gasteiger partial charge in [-0.3, -0.25) is 9.48 Å². The number of anilines is 1. The molecule has 0 saturated carbocycles. The molecule has 0 radical (unpaired) electrons. The molecule has 0 fully saturated rings. The van der Waals surface area contributed by atoms with Crippen LogP contribution in [0.5, 0.6) is 0 Å². The molecule has 112 valence electrons. The monoisotopic (exact) mass is 288 g/mol. The van der Waals surface area contributed by atoms with Crippen molar-refractivity contribution in [3.8, 4) is 0 Å². The standard InChI is InChI=1S/C15H20N4O2/c1-4-19-10(3)12(8-16-19)17-15(20)14-11-7-9(2)5-6-13(11)21-18-14/h8-9H,4-7H2,1-3H3,(H,17,20). The van der Waals surface area contributed by atoms with Crippen LogP contribution in [-0.2, 0) is 19.4 Å². The number of aryl methyl sites for hydroxylation is 2. The van der Waals surface area contributed by atoms with E-state index < -0.39 is 0 Å². The lowest BCUT2D eigenvalue weighted by molar-refractivity contribution is 0.101. The normalized spacial score (nSPS) is 17.6. The zero-order chi connectivity index (χ0) is 15.0. The van der Waals surface area contributed by atoms with Crippen molar-refractivity contribution in [1.82, 2.24) is 14.9 Å². The predicted octanol–water partition coefficient (Wildman–Crippen LogP) is 2.58. The Morgan fingerprint density at radius 3 is 3.10 bits per heavy atom. The largest absolute Gasteiger partial charge is 0.360 e. The third-order valence-electron chi connectivity index (χ3n) is 4.15. The van der Waals surface area contributed by atoms with E-state index in [4.69, 9.17) is 4.52 Å². The minimum absolute atomic E-state index is 0.215. The van der Waals surface area contributed by atoms with Crippen molar-refractivity contribution in [2.75, 3.05) is 5.32 Å². The number of hydrogen-bond acceptors (Lipinski definition) is 4. The molecule has 6 heteroatoms. The van der Waals surface area contributed by atoms with E-state index in [2.05, 4.69) is 22.5 Å². The van der Waals surface area contributed by atoms with Gasteiger partial charge < -0.3 is 9.84 Å². The highest BCUT2D eigenvalue weighted by Gasteiger charge is 2.27. The molecule has 2 heterocycles. The Hall–Kier alpha value is -2.11. The lowest BCUT2D eigenvalue weighted by Gasteiger charge is -2.16. The van der Waals surface area contributed by atoms with Crippen LogP contribution in [0.25, 0.3) is 0 Å². The number of rotatable bonds is 3. The molecule has 0 aliphatic heterocycles. The molecular formula is C15H20N4O2. The topological polar surface area (TPSA) is 73.0 Å². The molecule has 0 aromatic carbocycles. The van der Waals surface area contributed by atoms with Crippen LogP contribution in [0, 0.1) is 12.8 Å². The van der Waals surface area contributed by atoms with E-state index in [-0.39, 0.29) is 5.91 Å². The van der Waals surface area contributed by atoms with Crippen molar-refractivity contribution in [3.05, 3.63) is 28.9 Å². The van der Waals surface area contributed by atoms with Gasteiger partial charge in [0.1, 0.15) is 5.76 Å². The van der Waals surface area contributed by atoms with Gasteiger partial charge in [0.05, 0.1) is 17.6 Å². The first-order valence-electron chi connectivity index (χ1n) is 7.41. The lowest BCUT2D eigenvalue weighted by atomic mass is 9.88. The smallest absolute Gasteiger partial charge is 0.278 e. The second-order valence-corrected chi connectivity index (χ2v) is 5.69. The fourth-order valence-corrected chi connectivity index (χ4v) is 2.83. The maximum atomic E-state index is 12.4. The molecule has 1 unspecified atom stereocenters. The number of hydrogen-bond donors (Lipinski definition) is 1. The first-order valence-corrected chi connectivity index (χ1v) is 7.41. The molecule has 1 N–H and O–H groups in total. The van der Waals surface area contributed by atoms with Gasteiger partial charge in [0.15, 0.2) is 5.69 Å². The number of nitrogens with one attached hydrogen (secondary N) is 1. The fraction of sp³-hybridized carbons (Fsp3) is 0.533. The highest BCUT2D eigenvalue weighted by atomic mass is 16.5. The van der Waals surface area contributed by atoms with E-state index in [1.54, 1.807) is 6.20 Å². The SMILES string of the molecule is CCn1ncc(NC(=O)c2noc3c2CC(C)CC3)c1C. The van der Waals surface area contributed by atoms with E-state index in [1.165, 1.54) is 0 Å². The second kappa shape index (κ2) is 5.35. The zero-order valence-electron chi connectivity index (χ0n) is 12.6. The zero-order valence-corrected chi connectivity index (χ0v) is 12.6. The Balaban J connectivity index is 1.83. The Labute approximate surface area is 123 Å². The molecule has 0 bridgehead atoms. The van der Waals surface area contributed by atoms with Crippen molar-refractivity contribution in [1.29, 1.82) is 0 Å². The average Bonchev–Trinajstić information content (AvgIpc) is 3.03. The average molecular weight is 288 g/mol. The van der Waals surface area contributed by atoms with Gasteiger partial charge in [-0.2, -0.15) is 5.10 Å². The lowest BCUT2D eigenvalue weighted by Crippen LogP contribution is -2.18. The molecular weight excluding hydrogens is 268 g/mol. The van der Waals surface area contributed by atoms with Crippen LogP contribution in [0.2, 0.25) is 0 Å². The Morgan fingerprint density at radius 2 is 2.38 bits per heavy atom. The highest BCUT2D eigenvalue weighted by Crippen LogP contribution is 2.28. The number of carbonyl (C=O) groups is 1. The maximum Gasteiger partial charge on any atom is 0.278 e. The van der Waals surface area contributed by atoms with Crippen LogP contribution >= 0.6 is 0 Å². The van der Waals surface area contributed by atoms with Gasteiger partial charge in [-0.1, -0.05) is 12.1 Å². The Kier molecular flexibility index (Phi) is 3.53. The minimum atomic E-state index is -0.215. The van der Waals surface area contributed by atoms with Gasteiger partial charge in [0.2, 0.25) is 0 Å². The summed E-state index contributed by atoms with van der Waals surface area (Å²) in [6.07, 6.45) is 4.48. The molecule has 6 nitrogen and oxygen atoms in total. The summed E-state index contributed by atoms with van der Waals surface area (Å²) in [4.78, 5) is 12.4. The molecule has 1 aliphatic carbocycles. The minimum Gasteiger partial charge on any atom is -0.360 e. The molecule has 3 rings (SSSR count). The van der Waals surface area contributed by atoms with Gasteiger partial charge in [-0.15, -0.1) is 0 Å². The van der Waals surface area contributed by atoms with Crippen molar-refractivity contribution >= 4 is 11.6 Å². The first-order chi connectivity index (χ1) is 10.1. The number of nitrogens with zero attached hydrogens (tertiary/aromatic N) is 3. The highest BCUT2D eigenvalue weighted by molar-refractivity contribution is 6.04. The fourth-order valence-electron chi connectivity index (χ4n) is 2.83. The third-order valence-corrected chi connectivity index (χ3v) is 4.15. The number of amides is 1. The third kappa shape index (κ3) is 2.46. The van der Waals surface area contributed by atoms with Gasteiger partial charge >= 0.3 is 0 Å². The van der Waals surface area contributed by atoms with Gasteiger partial charge in [-0.25, -0.2) is 0 Å². The molecule has 21 heavy (non-hydrogen) atoms. The molecule has 1 atom stereocenters. The maximum absolute atomic E-state index is 12.4. The van der Waals surface area contributed by atoms with Crippen molar-refractivity contribution in [3.63, 3.8) is 0 Å². The first kappa shape index (κ1) is 13.9. The molecule has 1 aliphatic rings. The van der Waals surface area contributed by atoms with Crippen LogP contribution in [0.4, 0.5) is 5.69 Å². The van der Waals surface area contributed by atoms with E-state index >= 15 is 0 Å².